The predicted molar refractivity (Wildman–Crippen MR) is 125 cm³/mol. The van der Waals surface area contributed by atoms with Gasteiger partial charge in [-0.05, 0) is 54.8 Å². The highest BCUT2D eigenvalue weighted by Gasteiger charge is 2.07. The second-order valence-electron chi connectivity index (χ2n) is 7.88. The van der Waals surface area contributed by atoms with Crippen LogP contribution in [0.15, 0.2) is 42.5 Å². The van der Waals surface area contributed by atoms with Gasteiger partial charge in [0.2, 0.25) is 0 Å². The van der Waals surface area contributed by atoms with Crippen LogP contribution in [0.5, 0.6) is 0 Å². The highest BCUT2D eigenvalue weighted by atomic mass is 32.1. The molecule has 3 rings (SSSR count). The highest BCUT2D eigenvalue weighted by molar-refractivity contribution is 7.21. The maximum absolute atomic E-state index is 5.79. The first-order chi connectivity index (χ1) is 13.8. The molecule has 2 nitrogen and oxygen atoms in total. The Morgan fingerprint density at radius 2 is 1.43 bits per heavy atom. The quantitative estimate of drug-likeness (QED) is 0.249. The van der Waals surface area contributed by atoms with E-state index in [0.717, 1.165) is 21.8 Å². The maximum atomic E-state index is 5.79. The maximum Gasteiger partial charge on any atom is 0.124 e. The van der Waals surface area contributed by atoms with Gasteiger partial charge in [0.25, 0.3) is 0 Å². The topological polar surface area (TPSA) is 38.9 Å². The minimum Gasteiger partial charge on any atom is -0.399 e. The Morgan fingerprint density at radius 3 is 2.11 bits per heavy atom. The summed E-state index contributed by atoms with van der Waals surface area (Å²) < 4.78 is 1.29. The van der Waals surface area contributed by atoms with Gasteiger partial charge in [-0.15, -0.1) is 11.3 Å². The van der Waals surface area contributed by atoms with Crippen molar-refractivity contribution in [3.63, 3.8) is 0 Å². The number of aromatic nitrogens is 1. The van der Waals surface area contributed by atoms with Gasteiger partial charge in [-0.3, -0.25) is 0 Å². The Labute approximate surface area is 174 Å². The normalized spacial score (nSPS) is 11.3. The van der Waals surface area contributed by atoms with Crippen molar-refractivity contribution in [2.45, 2.75) is 77.6 Å². The van der Waals surface area contributed by atoms with Gasteiger partial charge in [0.15, 0.2) is 0 Å². The number of nitrogens with two attached hydrogens (primary N) is 1. The Balaban J connectivity index is 1.41. The van der Waals surface area contributed by atoms with Crippen LogP contribution in [-0.2, 0) is 6.42 Å². The Bertz CT molecular complexity index is 835. The first-order valence-corrected chi connectivity index (χ1v) is 11.8. The minimum atomic E-state index is 0.795. The van der Waals surface area contributed by atoms with Crippen molar-refractivity contribution in [3.05, 3.63) is 48.0 Å². The van der Waals surface area contributed by atoms with Crippen LogP contribution < -0.4 is 5.73 Å². The summed E-state index contributed by atoms with van der Waals surface area (Å²) in [7, 11) is 0. The molecule has 0 bridgehead atoms. The van der Waals surface area contributed by atoms with E-state index >= 15 is 0 Å². The third-order valence-corrected chi connectivity index (χ3v) is 6.50. The molecule has 150 valence electrons. The zero-order valence-corrected chi connectivity index (χ0v) is 18.1. The van der Waals surface area contributed by atoms with Gasteiger partial charge in [0.1, 0.15) is 5.01 Å². The van der Waals surface area contributed by atoms with Gasteiger partial charge in [-0.1, -0.05) is 70.8 Å². The first-order valence-electron chi connectivity index (χ1n) is 11.0. The van der Waals surface area contributed by atoms with E-state index in [1.807, 2.05) is 12.1 Å². The molecular weight excluding hydrogens is 360 g/mol. The van der Waals surface area contributed by atoms with Crippen LogP contribution in [0, 0.1) is 0 Å². The summed E-state index contributed by atoms with van der Waals surface area (Å²) in [6.07, 6.45) is 15.1. The molecule has 0 radical (unpaired) electrons. The summed E-state index contributed by atoms with van der Waals surface area (Å²) in [5.74, 6) is 0. The van der Waals surface area contributed by atoms with E-state index in [1.165, 1.54) is 80.9 Å². The predicted octanol–water partition coefficient (Wildman–Crippen LogP) is 8.01. The molecule has 0 aliphatic carbocycles. The monoisotopic (exact) mass is 394 g/mol. The summed E-state index contributed by atoms with van der Waals surface area (Å²) in [6, 6.07) is 14.8. The van der Waals surface area contributed by atoms with Crippen molar-refractivity contribution < 1.29 is 0 Å². The number of nitrogens with zero attached hydrogens (tertiary/aromatic N) is 1. The number of unbranched alkanes of at least 4 members (excludes halogenated alkanes) is 9. The summed E-state index contributed by atoms with van der Waals surface area (Å²) in [6.45, 7) is 2.28. The van der Waals surface area contributed by atoms with Gasteiger partial charge in [0.05, 0.1) is 10.2 Å². The molecule has 0 spiro atoms. The molecule has 28 heavy (non-hydrogen) atoms. The Hall–Kier alpha value is -1.87. The van der Waals surface area contributed by atoms with Crippen molar-refractivity contribution in [2.75, 3.05) is 5.73 Å². The number of nitrogen functional groups attached to an aromatic ring is 1. The average molecular weight is 395 g/mol. The number of fused-ring (bicyclic) bond motifs is 1. The first kappa shape index (κ1) is 20.9. The number of anilines is 1. The van der Waals surface area contributed by atoms with E-state index in [4.69, 9.17) is 10.7 Å². The zero-order valence-electron chi connectivity index (χ0n) is 17.3. The standard InChI is InChI=1S/C25H34N2S/c1-2-3-4-5-6-7-8-9-10-11-12-20-13-18-23-24(19-20)28-25(27-23)21-14-16-22(26)17-15-21/h13-19H,2-12,26H2,1H3. The van der Waals surface area contributed by atoms with E-state index < -0.39 is 0 Å². The number of aryl methyl sites for hydroxylation is 1. The second kappa shape index (κ2) is 11.2. The van der Waals surface area contributed by atoms with Gasteiger partial charge >= 0.3 is 0 Å². The summed E-state index contributed by atoms with van der Waals surface area (Å²) in [5, 5.41) is 1.08. The van der Waals surface area contributed by atoms with Crippen molar-refractivity contribution >= 4 is 27.2 Å². The van der Waals surface area contributed by atoms with E-state index in [2.05, 4.69) is 37.3 Å². The van der Waals surface area contributed by atoms with Gasteiger partial charge in [-0.2, -0.15) is 0 Å². The van der Waals surface area contributed by atoms with Crippen LogP contribution in [0.4, 0.5) is 5.69 Å². The van der Waals surface area contributed by atoms with E-state index in [1.54, 1.807) is 11.3 Å². The highest BCUT2D eigenvalue weighted by Crippen LogP contribution is 2.31. The molecule has 0 amide bonds. The van der Waals surface area contributed by atoms with Gasteiger partial charge < -0.3 is 5.73 Å². The molecule has 0 unspecified atom stereocenters. The van der Waals surface area contributed by atoms with E-state index in [0.29, 0.717) is 0 Å². The largest absolute Gasteiger partial charge is 0.399 e. The molecule has 1 heterocycles. The molecule has 1 aromatic heterocycles. The number of hydrogen-bond donors (Lipinski definition) is 1. The van der Waals surface area contributed by atoms with Crippen LogP contribution >= 0.6 is 11.3 Å². The molecule has 2 N–H and O–H groups in total. The van der Waals surface area contributed by atoms with Gasteiger partial charge in [-0.25, -0.2) is 4.98 Å². The lowest BCUT2D eigenvalue weighted by molar-refractivity contribution is 0.556. The minimum absolute atomic E-state index is 0.795. The summed E-state index contributed by atoms with van der Waals surface area (Å²) in [5.41, 5.74) is 10.3. The number of hydrogen-bond acceptors (Lipinski definition) is 3. The zero-order chi connectivity index (χ0) is 19.6. The molecule has 3 aromatic rings. The third kappa shape index (κ3) is 6.34. The lowest BCUT2D eigenvalue weighted by Crippen LogP contribution is -1.86. The van der Waals surface area contributed by atoms with Gasteiger partial charge in [0, 0.05) is 11.3 Å². The molecule has 0 atom stereocenters. The van der Waals surface area contributed by atoms with Crippen LogP contribution in [0.25, 0.3) is 20.8 Å². The smallest absolute Gasteiger partial charge is 0.124 e. The van der Waals surface area contributed by atoms with Crippen molar-refractivity contribution in [1.29, 1.82) is 0 Å². The lowest BCUT2D eigenvalue weighted by atomic mass is 10.0. The average Bonchev–Trinajstić information content (AvgIpc) is 3.13. The molecule has 3 heteroatoms. The summed E-state index contributed by atoms with van der Waals surface area (Å²) in [4.78, 5) is 4.79. The molecule has 0 aliphatic rings. The molecule has 2 aromatic carbocycles. The Kier molecular flexibility index (Phi) is 8.35. The molecule has 0 saturated carbocycles. The van der Waals surface area contributed by atoms with Crippen LogP contribution in [-0.4, -0.2) is 4.98 Å². The Morgan fingerprint density at radius 1 is 0.786 bits per heavy atom. The van der Waals surface area contributed by atoms with Crippen molar-refractivity contribution in [1.82, 2.24) is 4.98 Å². The van der Waals surface area contributed by atoms with E-state index in [9.17, 15) is 0 Å². The third-order valence-electron chi connectivity index (χ3n) is 5.43. The summed E-state index contributed by atoms with van der Waals surface area (Å²) >= 11 is 1.78. The second-order valence-corrected chi connectivity index (χ2v) is 8.91. The molecule has 0 saturated heterocycles. The molecular formula is C25H34N2S. The number of benzene rings is 2. The van der Waals surface area contributed by atoms with Crippen LogP contribution in [0.2, 0.25) is 0 Å². The number of thiazole rings is 1. The molecule has 0 fully saturated rings. The van der Waals surface area contributed by atoms with Crippen molar-refractivity contribution in [3.8, 4) is 10.6 Å². The fraction of sp³-hybridized carbons (Fsp3) is 0.480. The fourth-order valence-corrected chi connectivity index (χ4v) is 4.73. The van der Waals surface area contributed by atoms with Crippen LogP contribution in [0.1, 0.15) is 76.7 Å². The van der Waals surface area contributed by atoms with Crippen molar-refractivity contribution in [2.24, 2.45) is 0 Å². The number of rotatable bonds is 12. The SMILES string of the molecule is CCCCCCCCCCCCc1ccc2nc(-c3ccc(N)cc3)sc2c1. The molecule has 0 aliphatic heterocycles. The van der Waals surface area contributed by atoms with E-state index in [-0.39, 0.29) is 0 Å². The van der Waals surface area contributed by atoms with Crippen LogP contribution in [0.3, 0.4) is 0 Å². The lowest BCUT2D eigenvalue weighted by Gasteiger charge is -2.03. The fourth-order valence-electron chi connectivity index (χ4n) is 3.69.